The van der Waals surface area contributed by atoms with E-state index in [9.17, 15) is 19.5 Å². The van der Waals surface area contributed by atoms with Crippen molar-refractivity contribution in [1.82, 2.24) is 10.2 Å². The number of ether oxygens (including phenoxy) is 1. The first-order valence-corrected chi connectivity index (χ1v) is 9.35. The maximum atomic E-state index is 12.4. The van der Waals surface area contributed by atoms with Crippen LogP contribution in [-0.4, -0.2) is 53.5 Å². The first-order chi connectivity index (χ1) is 12.9. The lowest BCUT2D eigenvalue weighted by atomic mass is 9.94. The molecular weight excluding hydrogens is 348 g/mol. The highest BCUT2D eigenvalue weighted by Gasteiger charge is 2.30. The summed E-state index contributed by atoms with van der Waals surface area (Å²) in [6.07, 6.45) is 1.45. The van der Waals surface area contributed by atoms with Crippen molar-refractivity contribution in [3.8, 4) is 5.75 Å². The van der Waals surface area contributed by atoms with Gasteiger partial charge in [-0.15, -0.1) is 0 Å². The second-order valence-corrected chi connectivity index (χ2v) is 7.29. The first-order valence-electron chi connectivity index (χ1n) is 9.35. The maximum absolute atomic E-state index is 12.4. The molecule has 0 saturated carbocycles. The number of nitrogens with zero attached hydrogens (tertiary/aromatic N) is 1. The van der Waals surface area contributed by atoms with E-state index in [4.69, 9.17) is 4.74 Å². The van der Waals surface area contributed by atoms with Crippen LogP contribution in [-0.2, 0) is 14.4 Å². The molecule has 0 radical (unpaired) electrons. The lowest BCUT2D eigenvalue weighted by Crippen LogP contribution is -2.48. The summed E-state index contributed by atoms with van der Waals surface area (Å²) in [7, 11) is 0. The lowest BCUT2D eigenvalue weighted by molar-refractivity contribution is -0.143. The molecule has 1 aliphatic heterocycles. The number of carboxylic acid groups (broad SMARTS) is 1. The Bertz CT molecular complexity index is 639. The van der Waals surface area contributed by atoms with Crippen LogP contribution in [0.15, 0.2) is 30.3 Å². The predicted octanol–water partition coefficient (Wildman–Crippen LogP) is 1.92. The minimum absolute atomic E-state index is 0.0314. The Hall–Kier alpha value is -2.57. The van der Waals surface area contributed by atoms with Crippen LogP contribution in [0.4, 0.5) is 0 Å². The maximum Gasteiger partial charge on any atom is 0.326 e. The van der Waals surface area contributed by atoms with Crippen molar-refractivity contribution >= 4 is 17.8 Å². The molecule has 1 heterocycles. The van der Waals surface area contributed by atoms with Gasteiger partial charge in [0.05, 0.1) is 0 Å². The number of aliphatic carboxylic acids is 1. The van der Waals surface area contributed by atoms with E-state index in [0.29, 0.717) is 38.1 Å². The van der Waals surface area contributed by atoms with E-state index >= 15 is 0 Å². The third-order valence-corrected chi connectivity index (χ3v) is 4.65. The number of amides is 2. The number of hydrogen-bond donors (Lipinski definition) is 2. The average Bonchev–Trinajstić information content (AvgIpc) is 2.66. The summed E-state index contributed by atoms with van der Waals surface area (Å²) in [4.78, 5) is 37.6. The Balaban J connectivity index is 1.77. The summed E-state index contributed by atoms with van der Waals surface area (Å²) in [5, 5.41) is 11.9. The lowest BCUT2D eigenvalue weighted by Gasteiger charge is -2.32. The summed E-state index contributed by atoms with van der Waals surface area (Å²) in [5.74, 6) is -0.807. The van der Waals surface area contributed by atoms with Crippen molar-refractivity contribution in [3.05, 3.63) is 30.3 Å². The topological polar surface area (TPSA) is 95.9 Å². The second kappa shape index (κ2) is 9.94. The summed E-state index contributed by atoms with van der Waals surface area (Å²) in [5.41, 5.74) is 0. The van der Waals surface area contributed by atoms with Crippen molar-refractivity contribution in [3.63, 3.8) is 0 Å². The van der Waals surface area contributed by atoms with Gasteiger partial charge in [-0.05, 0) is 37.3 Å². The van der Waals surface area contributed by atoms with E-state index in [1.54, 1.807) is 17.0 Å². The van der Waals surface area contributed by atoms with Crippen molar-refractivity contribution in [1.29, 1.82) is 0 Å². The van der Waals surface area contributed by atoms with Crippen molar-refractivity contribution < 1.29 is 24.2 Å². The van der Waals surface area contributed by atoms with Crippen LogP contribution in [0.3, 0.4) is 0 Å². The fourth-order valence-electron chi connectivity index (χ4n) is 3.13. The smallest absolute Gasteiger partial charge is 0.326 e. The monoisotopic (exact) mass is 376 g/mol. The van der Waals surface area contributed by atoms with Gasteiger partial charge in [-0.3, -0.25) is 9.59 Å². The Morgan fingerprint density at radius 2 is 1.81 bits per heavy atom. The zero-order chi connectivity index (χ0) is 19.8. The molecule has 2 N–H and O–H groups in total. The Morgan fingerprint density at radius 3 is 2.37 bits per heavy atom. The van der Waals surface area contributed by atoms with Gasteiger partial charge in [0.15, 0.2) is 6.61 Å². The summed E-state index contributed by atoms with van der Waals surface area (Å²) < 4.78 is 5.48. The van der Waals surface area contributed by atoms with Gasteiger partial charge in [-0.2, -0.15) is 0 Å². The number of benzene rings is 1. The average molecular weight is 376 g/mol. The number of carbonyl (C=O) groups is 3. The number of likely N-dealkylation sites (tertiary alicyclic amines) is 1. The molecule has 0 aliphatic carbocycles. The third-order valence-electron chi connectivity index (χ3n) is 4.65. The molecule has 1 saturated heterocycles. The number of hydrogen-bond acceptors (Lipinski definition) is 4. The Morgan fingerprint density at radius 1 is 1.19 bits per heavy atom. The van der Waals surface area contributed by atoms with Gasteiger partial charge in [-0.1, -0.05) is 32.0 Å². The van der Waals surface area contributed by atoms with Gasteiger partial charge in [-0.25, -0.2) is 4.79 Å². The molecule has 148 valence electrons. The summed E-state index contributed by atoms with van der Waals surface area (Å²) >= 11 is 0. The van der Waals surface area contributed by atoms with Crippen LogP contribution >= 0.6 is 0 Å². The quantitative estimate of drug-likeness (QED) is 0.723. The molecule has 7 heteroatoms. The van der Waals surface area contributed by atoms with Crippen molar-refractivity contribution in [2.24, 2.45) is 11.8 Å². The predicted molar refractivity (Wildman–Crippen MR) is 100 cm³/mol. The van der Waals surface area contributed by atoms with E-state index < -0.39 is 12.0 Å². The zero-order valence-electron chi connectivity index (χ0n) is 15.9. The fourth-order valence-corrected chi connectivity index (χ4v) is 3.13. The van der Waals surface area contributed by atoms with Gasteiger partial charge in [0, 0.05) is 19.0 Å². The number of carboxylic acids is 1. The normalized spacial score (nSPS) is 16.0. The molecule has 1 aromatic rings. The first kappa shape index (κ1) is 20.7. The van der Waals surface area contributed by atoms with E-state index in [2.05, 4.69) is 5.32 Å². The minimum Gasteiger partial charge on any atom is -0.484 e. The van der Waals surface area contributed by atoms with E-state index in [0.717, 1.165) is 0 Å². The highest BCUT2D eigenvalue weighted by molar-refractivity contribution is 5.85. The number of nitrogens with one attached hydrogen (secondary N) is 1. The Kier molecular flexibility index (Phi) is 7.64. The molecule has 0 unspecified atom stereocenters. The molecule has 27 heavy (non-hydrogen) atoms. The van der Waals surface area contributed by atoms with Gasteiger partial charge in [0.2, 0.25) is 5.91 Å². The second-order valence-electron chi connectivity index (χ2n) is 7.29. The van der Waals surface area contributed by atoms with Crippen LogP contribution in [0.5, 0.6) is 5.75 Å². The van der Waals surface area contributed by atoms with E-state index in [1.165, 1.54) is 0 Å². The number of rotatable bonds is 8. The summed E-state index contributed by atoms with van der Waals surface area (Å²) in [6.45, 7) is 4.75. The molecule has 7 nitrogen and oxygen atoms in total. The highest BCUT2D eigenvalue weighted by Crippen LogP contribution is 2.19. The SMILES string of the molecule is CC(C)C[C@@H](NC(=O)C1CCN(C(=O)COc2ccccc2)CC1)C(=O)O. The number of carbonyl (C=O) groups excluding carboxylic acids is 2. The molecule has 0 aromatic heterocycles. The third kappa shape index (κ3) is 6.58. The molecule has 1 atom stereocenters. The van der Waals surface area contributed by atoms with Crippen molar-refractivity contribution in [2.45, 2.75) is 39.2 Å². The van der Waals surface area contributed by atoms with E-state index in [-0.39, 0.29) is 30.3 Å². The van der Waals surface area contributed by atoms with Crippen molar-refractivity contribution in [2.75, 3.05) is 19.7 Å². The Labute approximate surface area is 159 Å². The van der Waals surface area contributed by atoms with Gasteiger partial charge >= 0.3 is 5.97 Å². The molecule has 2 rings (SSSR count). The zero-order valence-corrected chi connectivity index (χ0v) is 15.9. The highest BCUT2D eigenvalue weighted by atomic mass is 16.5. The van der Waals surface area contributed by atoms with Gasteiger partial charge < -0.3 is 20.1 Å². The fraction of sp³-hybridized carbons (Fsp3) is 0.550. The molecule has 1 aromatic carbocycles. The van der Waals surface area contributed by atoms with Gasteiger partial charge in [0.1, 0.15) is 11.8 Å². The van der Waals surface area contributed by atoms with Crippen LogP contribution in [0.2, 0.25) is 0 Å². The molecular formula is C20H28N2O5. The van der Waals surface area contributed by atoms with Crippen LogP contribution in [0.1, 0.15) is 33.1 Å². The number of piperidine rings is 1. The van der Waals surface area contributed by atoms with E-state index in [1.807, 2.05) is 32.0 Å². The molecule has 0 bridgehead atoms. The summed E-state index contributed by atoms with van der Waals surface area (Å²) in [6, 6.07) is 8.28. The molecule has 2 amide bonds. The molecule has 0 spiro atoms. The van der Waals surface area contributed by atoms with Crippen LogP contribution < -0.4 is 10.1 Å². The molecule has 1 aliphatic rings. The standard InChI is InChI=1S/C20H28N2O5/c1-14(2)12-17(20(25)26)21-19(24)15-8-10-22(11-9-15)18(23)13-27-16-6-4-3-5-7-16/h3-7,14-15,17H,8-13H2,1-2H3,(H,21,24)(H,25,26)/t17-/m1/s1. The number of para-hydroxylation sites is 1. The van der Waals surface area contributed by atoms with Crippen LogP contribution in [0, 0.1) is 11.8 Å². The van der Waals surface area contributed by atoms with Gasteiger partial charge in [0.25, 0.3) is 5.91 Å². The van der Waals surface area contributed by atoms with Crippen LogP contribution in [0.25, 0.3) is 0 Å². The minimum atomic E-state index is -1.01. The molecule has 1 fully saturated rings. The largest absolute Gasteiger partial charge is 0.484 e.